The van der Waals surface area contributed by atoms with Crippen LogP contribution in [-0.2, 0) is 14.1 Å². The Kier molecular flexibility index (Phi) is 2.03. The third kappa shape index (κ3) is 1.50. The summed E-state index contributed by atoms with van der Waals surface area (Å²) in [6, 6.07) is 3.31. The monoisotopic (exact) mass is 206 g/mol. The van der Waals surface area contributed by atoms with Crippen LogP contribution in [0.3, 0.4) is 0 Å². The molecule has 0 fully saturated rings. The van der Waals surface area contributed by atoms with Crippen molar-refractivity contribution in [1.29, 1.82) is 0 Å². The van der Waals surface area contributed by atoms with Gasteiger partial charge in [-0.15, -0.1) is 0 Å². The summed E-state index contributed by atoms with van der Waals surface area (Å²) in [5.74, 6) is -0.988. The summed E-state index contributed by atoms with van der Waals surface area (Å²) in [7, 11) is 3.38. The standard InChI is InChI=1S/C9H10N4O2/c1-12-7(3-4-10-12)6-5-8(9(14)15)13(2)11-6/h3-5H,1-2H3,(H,14,15). The summed E-state index contributed by atoms with van der Waals surface area (Å²) in [6.45, 7) is 0. The van der Waals surface area contributed by atoms with Gasteiger partial charge in [0, 0.05) is 26.4 Å². The highest BCUT2D eigenvalue weighted by Crippen LogP contribution is 2.17. The number of hydrogen-bond acceptors (Lipinski definition) is 3. The van der Waals surface area contributed by atoms with E-state index in [1.54, 1.807) is 31.0 Å². The third-order valence-corrected chi connectivity index (χ3v) is 2.18. The zero-order chi connectivity index (χ0) is 11.0. The Morgan fingerprint density at radius 3 is 2.60 bits per heavy atom. The molecule has 2 aromatic rings. The molecule has 15 heavy (non-hydrogen) atoms. The van der Waals surface area contributed by atoms with E-state index in [1.807, 2.05) is 0 Å². The fourth-order valence-electron chi connectivity index (χ4n) is 1.42. The molecule has 2 rings (SSSR count). The molecule has 0 unspecified atom stereocenters. The van der Waals surface area contributed by atoms with Crippen molar-refractivity contribution >= 4 is 5.97 Å². The molecule has 0 aromatic carbocycles. The maximum Gasteiger partial charge on any atom is 0.354 e. The summed E-state index contributed by atoms with van der Waals surface area (Å²) in [5.41, 5.74) is 1.55. The van der Waals surface area contributed by atoms with Gasteiger partial charge in [-0.2, -0.15) is 10.2 Å². The van der Waals surface area contributed by atoms with E-state index in [4.69, 9.17) is 5.11 Å². The number of hydrogen-bond donors (Lipinski definition) is 1. The number of nitrogens with zero attached hydrogens (tertiary/aromatic N) is 4. The van der Waals surface area contributed by atoms with Gasteiger partial charge in [-0.25, -0.2) is 4.79 Å². The molecule has 78 valence electrons. The minimum Gasteiger partial charge on any atom is -0.477 e. The van der Waals surface area contributed by atoms with Crippen LogP contribution in [0.4, 0.5) is 0 Å². The molecule has 0 saturated carbocycles. The van der Waals surface area contributed by atoms with Crippen molar-refractivity contribution in [2.45, 2.75) is 0 Å². The maximum absolute atomic E-state index is 10.8. The van der Waals surface area contributed by atoms with Crippen LogP contribution in [0.25, 0.3) is 11.4 Å². The predicted molar refractivity (Wildman–Crippen MR) is 52.4 cm³/mol. The summed E-state index contributed by atoms with van der Waals surface area (Å²) in [6.07, 6.45) is 1.64. The van der Waals surface area contributed by atoms with Crippen LogP contribution in [0, 0.1) is 0 Å². The normalized spacial score (nSPS) is 10.5. The van der Waals surface area contributed by atoms with Gasteiger partial charge in [0.25, 0.3) is 0 Å². The first kappa shape index (κ1) is 9.45. The first-order valence-electron chi connectivity index (χ1n) is 4.35. The molecule has 0 atom stereocenters. The van der Waals surface area contributed by atoms with Crippen LogP contribution in [0.1, 0.15) is 10.5 Å². The number of aromatic nitrogens is 4. The quantitative estimate of drug-likeness (QED) is 0.777. The van der Waals surface area contributed by atoms with Crippen LogP contribution >= 0.6 is 0 Å². The molecule has 6 nitrogen and oxygen atoms in total. The molecule has 0 saturated heterocycles. The van der Waals surface area contributed by atoms with Crippen molar-refractivity contribution in [3.63, 3.8) is 0 Å². The number of aryl methyl sites for hydroxylation is 2. The lowest BCUT2D eigenvalue weighted by Crippen LogP contribution is -2.04. The van der Waals surface area contributed by atoms with Gasteiger partial charge >= 0.3 is 5.97 Å². The summed E-state index contributed by atoms with van der Waals surface area (Å²) in [5, 5.41) is 17.0. The van der Waals surface area contributed by atoms with Crippen molar-refractivity contribution < 1.29 is 9.90 Å². The number of carbonyl (C=O) groups is 1. The number of carboxylic acids is 1. The van der Waals surface area contributed by atoms with Crippen LogP contribution in [-0.4, -0.2) is 30.6 Å². The second-order valence-electron chi connectivity index (χ2n) is 3.18. The second kappa shape index (κ2) is 3.23. The molecule has 2 aromatic heterocycles. The molecule has 0 aliphatic heterocycles. The molecule has 1 N–H and O–H groups in total. The van der Waals surface area contributed by atoms with Crippen molar-refractivity contribution in [3.8, 4) is 11.4 Å². The average molecular weight is 206 g/mol. The molecule has 0 radical (unpaired) electrons. The van der Waals surface area contributed by atoms with Crippen LogP contribution in [0.2, 0.25) is 0 Å². The largest absolute Gasteiger partial charge is 0.477 e. The second-order valence-corrected chi connectivity index (χ2v) is 3.18. The summed E-state index contributed by atoms with van der Waals surface area (Å²) < 4.78 is 2.98. The number of carboxylic acid groups (broad SMARTS) is 1. The van der Waals surface area contributed by atoms with Gasteiger partial charge in [0.05, 0.1) is 5.69 Å². The van der Waals surface area contributed by atoms with E-state index in [0.29, 0.717) is 5.69 Å². The molecular formula is C9H10N4O2. The highest BCUT2D eigenvalue weighted by molar-refractivity contribution is 5.87. The van der Waals surface area contributed by atoms with Crippen molar-refractivity contribution in [2.75, 3.05) is 0 Å². The zero-order valence-corrected chi connectivity index (χ0v) is 8.38. The van der Waals surface area contributed by atoms with E-state index in [9.17, 15) is 4.79 Å². The third-order valence-electron chi connectivity index (χ3n) is 2.18. The maximum atomic E-state index is 10.8. The molecule has 0 spiro atoms. The fourth-order valence-corrected chi connectivity index (χ4v) is 1.42. The molecular weight excluding hydrogens is 196 g/mol. The smallest absolute Gasteiger partial charge is 0.354 e. The summed E-state index contributed by atoms with van der Waals surface area (Å²) >= 11 is 0. The Morgan fingerprint density at radius 2 is 2.13 bits per heavy atom. The van der Waals surface area contributed by atoms with E-state index in [1.165, 1.54) is 10.7 Å². The highest BCUT2D eigenvalue weighted by atomic mass is 16.4. The van der Waals surface area contributed by atoms with Gasteiger partial charge in [0.2, 0.25) is 0 Å². The Labute approximate surface area is 85.8 Å². The fraction of sp³-hybridized carbons (Fsp3) is 0.222. The molecule has 0 bridgehead atoms. The minimum absolute atomic E-state index is 0.159. The number of aromatic carboxylic acids is 1. The summed E-state index contributed by atoms with van der Waals surface area (Å²) in [4.78, 5) is 10.8. The molecule has 0 aliphatic rings. The average Bonchev–Trinajstić information content (AvgIpc) is 2.71. The lowest BCUT2D eigenvalue weighted by molar-refractivity contribution is 0.0685. The molecule has 6 heteroatoms. The first-order valence-corrected chi connectivity index (χ1v) is 4.35. The van der Waals surface area contributed by atoms with Crippen molar-refractivity contribution in [1.82, 2.24) is 19.6 Å². The van der Waals surface area contributed by atoms with Crippen LogP contribution in [0.15, 0.2) is 18.3 Å². The lowest BCUT2D eigenvalue weighted by atomic mass is 10.3. The predicted octanol–water partition coefficient (Wildman–Crippen LogP) is 0.519. The SMILES string of the molecule is Cn1nc(-c2ccnn2C)cc1C(=O)O. The van der Waals surface area contributed by atoms with Gasteiger partial charge in [-0.1, -0.05) is 0 Å². The van der Waals surface area contributed by atoms with Crippen molar-refractivity contribution in [3.05, 3.63) is 24.0 Å². The van der Waals surface area contributed by atoms with Crippen LogP contribution in [0.5, 0.6) is 0 Å². The Hall–Kier alpha value is -2.11. The highest BCUT2D eigenvalue weighted by Gasteiger charge is 2.14. The van der Waals surface area contributed by atoms with Crippen molar-refractivity contribution in [2.24, 2.45) is 14.1 Å². The van der Waals surface area contributed by atoms with Gasteiger partial charge < -0.3 is 5.11 Å². The Balaban J connectivity index is 2.52. The zero-order valence-electron chi connectivity index (χ0n) is 8.38. The van der Waals surface area contributed by atoms with E-state index in [0.717, 1.165) is 5.69 Å². The first-order chi connectivity index (χ1) is 7.09. The van der Waals surface area contributed by atoms with Crippen LogP contribution < -0.4 is 0 Å². The molecule has 0 aliphatic carbocycles. The van der Waals surface area contributed by atoms with E-state index >= 15 is 0 Å². The minimum atomic E-state index is -0.988. The van der Waals surface area contributed by atoms with Gasteiger partial charge in [0.15, 0.2) is 0 Å². The number of rotatable bonds is 2. The molecule has 2 heterocycles. The van der Waals surface area contributed by atoms with Gasteiger partial charge in [-0.3, -0.25) is 9.36 Å². The van der Waals surface area contributed by atoms with E-state index < -0.39 is 5.97 Å². The van der Waals surface area contributed by atoms with E-state index in [-0.39, 0.29) is 5.69 Å². The van der Waals surface area contributed by atoms with Gasteiger partial charge in [0.1, 0.15) is 11.4 Å². The lowest BCUT2D eigenvalue weighted by Gasteiger charge is -1.95. The van der Waals surface area contributed by atoms with E-state index in [2.05, 4.69) is 10.2 Å². The molecule has 0 amide bonds. The topological polar surface area (TPSA) is 72.9 Å². The Bertz CT molecular complexity index is 512. The van der Waals surface area contributed by atoms with Gasteiger partial charge in [-0.05, 0) is 6.07 Å². The Morgan fingerprint density at radius 1 is 1.40 bits per heavy atom.